The topological polar surface area (TPSA) is 139 Å². The number of H-pyrrole nitrogens is 1. The van der Waals surface area contributed by atoms with Crippen LogP contribution in [0.25, 0.3) is 11.2 Å². The average Bonchev–Trinajstić information content (AvgIpc) is 2.89. The maximum Gasteiger partial charge on any atom is 0.280 e. The Balaban J connectivity index is 2.13. The lowest BCUT2D eigenvalue weighted by Crippen LogP contribution is -2.26. The lowest BCUT2D eigenvalue weighted by atomic mass is 10.1. The van der Waals surface area contributed by atoms with Crippen LogP contribution in [0.5, 0.6) is 0 Å². The van der Waals surface area contributed by atoms with Crippen molar-refractivity contribution in [2.24, 2.45) is 0 Å². The van der Waals surface area contributed by atoms with E-state index in [4.69, 9.17) is 15.6 Å². The summed E-state index contributed by atoms with van der Waals surface area (Å²) in [5.74, 6) is -0.0131. The molecule has 106 valence electrons. The second-order valence-corrected chi connectivity index (χ2v) is 4.77. The maximum atomic E-state index is 11.8. The summed E-state index contributed by atoms with van der Waals surface area (Å²) in [4.78, 5) is 22.4. The monoisotopic (exact) mass is 279 g/mol. The molecule has 10 heteroatoms. The number of aliphatic hydroxyl groups excluding tert-OH is 2. The quantitative estimate of drug-likeness (QED) is 0.420. The summed E-state index contributed by atoms with van der Waals surface area (Å²) in [7, 11) is 1.71. The number of nitrogens with one attached hydrogen (secondary N) is 1. The second kappa shape index (κ2) is 4.58. The van der Waals surface area contributed by atoms with E-state index in [-0.39, 0.29) is 24.5 Å². The highest BCUT2D eigenvalue weighted by Gasteiger charge is 2.36. The number of aromatic amines is 1. The van der Waals surface area contributed by atoms with Crippen LogP contribution in [-0.2, 0) is 4.74 Å². The number of nitrogens with two attached hydrogens (primary N) is 1. The Hall–Kier alpha value is -1.91. The van der Waals surface area contributed by atoms with Crippen LogP contribution in [0, 0.1) is 0 Å². The maximum absolute atomic E-state index is 11.8. The van der Waals surface area contributed by atoms with Gasteiger partial charge in [0.05, 0.1) is 18.4 Å². The fourth-order valence-corrected chi connectivity index (χ4v) is 2.49. The van der Waals surface area contributed by atoms with Crippen LogP contribution >= 0.6 is 0 Å². The van der Waals surface area contributed by atoms with Crippen LogP contribution < -0.4 is 17.0 Å². The minimum absolute atomic E-state index is 0.0131. The molecule has 0 aromatic carbocycles. The van der Waals surface area contributed by atoms with Crippen LogP contribution in [0.3, 0.4) is 0 Å². The number of anilines is 1. The minimum atomic E-state index is -0.777. The third-order valence-corrected chi connectivity index (χ3v) is 3.42. The van der Waals surface area contributed by atoms with E-state index < -0.39 is 24.0 Å². The van der Waals surface area contributed by atoms with Gasteiger partial charge >= 0.3 is 0 Å². The molecule has 1 aliphatic rings. The normalized spacial score (nSPS) is 26.4. The van der Waals surface area contributed by atoms with Crippen LogP contribution in [0.15, 0.2) is 4.79 Å². The van der Waals surface area contributed by atoms with Crippen molar-refractivity contribution >= 4 is 30.7 Å². The molecule has 3 rings (SSSR count). The number of aliphatic hydroxyl groups is 2. The van der Waals surface area contributed by atoms with Gasteiger partial charge < -0.3 is 20.7 Å². The molecule has 0 amide bonds. The first kappa shape index (κ1) is 13.1. The number of nitrogens with zero attached hydrogens (tertiary/aromatic N) is 3. The van der Waals surface area contributed by atoms with E-state index >= 15 is 0 Å². The number of imidazole rings is 1. The standard InChI is InChI=1S/C10H14BN5O4/c11-9-13-6-7(14-10(12)15-8(6)19)16(9)5-1-3(18)4(2-17)20-5/h3-5,17-18H,1-2,11H2,(H3,12,14,15,19)/t3?,4-,5-/m1/s1. The Labute approximate surface area is 113 Å². The number of nitrogen functional groups attached to an aromatic ring is 1. The largest absolute Gasteiger partial charge is 0.394 e. The number of ether oxygens (including phenoxy) is 1. The van der Waals surface area contributed by atoms with Crippen molar-refractivity contribution in [3.05, 3.63) is 10.4 Å². The third kappa shape index (κ3) is 1.89. The molecule has 1 fully saturated rings. The zero-order chi connectivity index (χ0) is 14.4. The molecule has 1 unspecified atom stereocenters. The Morgan fingerprint density at radius 3 is 2.95 bits per heavy atom. The average molecular weight is 279 g/mol. The Morgan fingerprint density at radius 1 is 1.55 bits per heavy atom. The highest BCUT2D eigenvalue weighted by atomic mass is 16.5. The summed E-state index contributed by atoms with van der Waals surface area (Å²) < 4.78 is 7.18. The Bertz CT molecular complexity index is 713. The molecule has 0 spiro atoms. The molecule has 1 aliphatic heterocycles. The van der Waals surface area contributed by atoms with Gasteiger partial charge in [0.25, 0.3) is 5.56 Å². The lowest BCUT2D eigenvalue weighted by molar-refractivity contribution is -0.0422. The molecule has 0 saturated carbocycles. The fraction of sp³-hybridized carbons (Fsp3) is 0.500. The molecule has 1 saturated heterocycles. The molecule has 20 heavy (non-hydrogen) atoms. The van der Waals surface area contributed by atoms with E-state index in [1.807, 2.05) is 0 Å². The number of fused-ring (bicyclic) bond motifs is 1. The van der Waals surface area contributed by atoms with Crippen molar-refractivity contribution in [3.8, 4) is 0 Å². The van der Waals surface area contributed by atoms with Gasteiger partial charge in [-0.05, 0) is 0 Å². The van der Waals surface area contributed by atoms with Crippen molar-refractivity contribution in [3.63, 3.8) is 0 Å². The summed E-state index contributed by atoms with van der Waals surface area (Å²) in [6.07, 6.45) is -1.69. The SMILES string of the molecule is Bc1nc2c(=O)[nH]c(N)nc2n1[C@H]1CC(O)[C@@H](CO)O1. The van der Waals surface area contributed by atoms with Gasteiger partial charge in [0, 0.05) is 6.42 Å². The molecule has 5 N–H and O–H groups in total. The van der Waals surface area contributed by atoms with Crippen molar-refractivity contribution in [1.82, 2.24) is 19.5 Å². The molecule has 3 atom stereocenters. The van der Waals surface area contributed by atoms with E-state index in [9.17, 15) is 9.90 Å². The zero-order valence-electron chi connectivity index (χ0n) is 10.8. The van der Waals surface area contributed by atoms with E-state index in [1.54, 1.807) is 12.4 Å². The molecule has 0 aliphatic carbocycles. The van der Waals surface area contributed by atoms with Crippen LogP contribution in [0.2, 0.25) is 0 Å². The predicted octanol–water partition coefficient (Wildman–Crippen LogP) is -3.40. The molecule has 9 nitrogen and oxygen atoms in total. The smallest absolute Gasteiger partial charge is 0.280 e. The molecule has 3 heterocycles. The first-order valence-electron chi connectivity index (χ1n) is 6.20. The summed E-state index contributed by atoms with van der Waals surface area (Å²) in [6.45, 7) is -0.278. The summed E-state index contributed by atoms with van der Waals surface area (Å²) in [5, 5.41) is 18.9. The Morgan fingerprint density at radius 2 is 2.30 bits per heavy atom. The van der Waals surface area contributed by atoms with E-state index in [0.717, 1.165) is 0 Å². The van der Waals surface area contributed by atoms with Crippen LogP contribution in [0.1, 0.15) is 12.6 Å². The van der Waals surface area contributed by atoms with Gasteiger partial charge in [-0.15, -0.1) is 0 Å². The summed E-state index contributed by atoms with van der Waals surface area (Å²) >= 11 is 0. The number of hydrogen-bond donors (Lipinski definition) is 4. The zero-order valence-corrected chi connectivity index (χ0v) is 10.8. The van der Waals surface area contributed by atoms with Crippen LogP contribution in [-0.4, -0.2) is 56.4 Å². The molecular formula is C10H14BN5O4. The molecule has 0 bridgehead atoms. The van der Waals surface area contributed by atoms with E-state index in [1.165, 1.54) is 0 Å². The second-order valence-electron chi connectivity index (χ2n) is 4.77. The van der Waals surface area contributed by atoms with Gasteiger partial charge in [-0.2, -0.15) is 4.98 Å². The number of hydrogen-bond acceptors (Lipinski definition) is 7. The summed E-state index contributed by atoms with van der Waals surface area (Å²) in [5.41, 5.74) is 6.12. The molecule has 2 aromatic heterocycles. The fourth-order valence-electron chi connectivity index (χ4n) is 2.49. The van der Waals surface area contributed by atoms with Gasteiger partial charge in [-0.1, -0.05) is 0 Å². The lowest BCUT2D eigenvalue weighted by Gasteiger charge is -2.15. The van der Waals surface area contributed by atoms with Crippen molar-refractivity contribution in [2.45, 2.75) is 24.9 Å². The van der Waals surface area contributed by atoms with Crippen molar-refractivity contribution in [1.29, 1.82) is 0 Å². The predicted molar refractivity (Wildman–Crippen MR) is 72.4 cm³/mol. The first-order valence-corrected chi connectivity index (χ1v) is 6.20. The highest BCUT2D eigenvalue weighted by Crippen LogP contribution is 2.29. The highest BCUT2D eigenvalue weighted by molar-refractivity contribution is 6.30. The van der Waals surface area contributed by atoms with Crippen molar-refractivity contribution < 1.29 is 14.9 Å². The van der Waals surface area contributed by atoms with Gasteiger partial charge in [0.1, 0.15) is 12.3 Å². The first-order chi connectivity index (χ1) is 9.51. The van der Waals surface area contributed by atoms with E-state index in [0.29, 0.717) is 11.4 Å². The molecule has 0 radical (unpaired) electrons. The molecular weight excluding hydrogens is 265 g/mol. The van der Waals surface area contributed by atoms with Gasteiger partial charge in [0.2, 0.25) is 5.95 Å². The van der Waals surface area contributed by atoms with Crippen LogP contribution in [0.4, 0.5) is 5.95 Å². The van der Waals surface area contributed by atoms with E-state index in [2.05, 4.69) is 15.0 Å². The number of rotatable bonds is 2. The molecule has 2 aromatic rings. The Kier molecular flexibility index (Phi) is 3.00. The summed E-state index contributed by atoms with van der Waals surface area (Å²) in [6, 6.07) is 0. The van der Waals surface area contributed by atoms with Crippen molar-refractivity contribution in [2.75, 3.05) is 12.3 Å². The number of aromatic nitrogens is 4. The van der Waals surface area contributed by atoms with Gasteiger partial charge in [0.15, 0.2) is 19.0 Å². The third-order valence-electron chi connectivity index (χ3n) is 3.42. The minimum Gasteiger partial charge on any atom is -0.394 e. The van der Waals surface area contributed by atoms with Gasteiger partial charge in [-0.25, -0.2) is 4.98 Å². The van der Waals surface area contributed by atoms with Gasteiger partial charge in [-0.3, -0.25) is 14.3 Å².